The van der Waals surface area contributed by atoms with Crippen molar-refractivity contribution in [3.8, 4) is 17.1 Å². The summed E-state index contributed by atoms with van der Waals surface area (Å²) in [6.07, 6.45) is 3.41. The van der Waals surface area contributed by atoms with Crippen LogP contribution in [0.2, 0.25) is 0 Å². The second-order valence-corrected chi connectivity index (χ2v) is 10.2. The number of anilines is 1. The van der Waals surface area contributed by atoms with Gasteiger partial charge < -0.3 is 10.6 Å². The van der Waals surface area contributed by atoms with Gasteiger partial charge in [-0.25, -0.2) is 15.0 Å². The van der Waals surface area contributed by atoms with E-state index < -0.39 is 0 Å². The Bertz CT molecular complexity index is 1560. The zero-order chi connectivity index (χ0) is 26.2. The molecular formula is C30H30N6O. The van der Waals surface area contributed by atoms with Crippen molar-refractivity contribution in [3.05, 3.63) is 102 Å². The van der Waals surface area contributed by atoms with Crippen LogP contribution >= 0.6 is 0 Å². The molecule has 0 bridgehead atoms. The van der Waals surface area contributed by atoms with E-state index in [2.05, 4.69) is 30.7 Å². The summed E-state index contributed by atoms with van der Waals surface area (Å²) in [5.41, 5.74) is 12.3. The lowest BCUT2D eigenvalue weighted by Crippen LogP contribution is -2.26. The molecule has 3 heterocycles. The average Bonchev–Trinajstić information content (AvgIpc) is 3.28. The molecule has 186 valence electrons. The van der Waals surface area contributed by atoms with E-state index in [9.17, 15) is 4.79 Å². The Hall–Kier alpha value is -4.52. The molecule has 5 aromatic rings. The number of aromatic nitrogens is 4. The van der Waals surface area contributed by atoms with Crippen molar-refractivity contribution >= 4 is 22.9 Å². The maximum atomic E-state index is 13.0. The number of nitrogens with two attached hydrogens (primary N) is 1. The highest BCUT2D eigenvalue weighted by molar-refractivity contribution is 5.94. The number of imidazole rings is 1. The number of hydrogen-bond donors (Lipinski definition) is 1. The van der Waals surface area contributed by atoms with Crippen LogP contribution in [0.15, 0.2) is 85.2 Å². The van der Waals surface area contributed by atoms with Crippen LogP contribution in [0, 0.1) is 0 Å². The first kappa shape index (κ1) is 24.2. The molecule has 0 spiro atoms. The molecule has 2 N–H and O–H groups in total. The fraction of sp³-hybridized carbons (Fsp3) is 0.200. The highest BCUT2D eigenvalue weighted by Gasteiger charge is 2.19. The molecule has 3 aromatic heterocycles. The van der Waals surface area contributed by atoms with Crippen LogP contribution in [0.1, 0.15) is 42.3 Å². The lowest BCUT2D eigenvalue weighted by Gasteiger charge is -2.21. The largest absolute Gasteiger partial charge is 0.383 e. The standard InChI is InChI=1S/C30H30N6O/c1-30(2,3)22-13-11-21(12-14-22)29(37)35(4)19-20-9-15-23(16-10-20)36-27(24-7-5-17-32-26(24)31)34-25-8-6-18-33-28(25)36/h5-18H,19H2,1-4H3,(H2,31,32). The smallest absolute Gasteiger partial charge is 0.253 e. The van der Waals surface area contributed by atoms with Crippen LogP contribution in [-0.4, -0.2) is 37.4 Å². The summed E-state index contributed by atoms with van der Waals surface area (Å²) in [7, 11) is 1.82. The Balaban J connectivity index is 1.41. The first-order chi connectivity index (χ1) is 17.7. The van der Waals surface area contributed by atoms with E-state index in [4.69, 9.17) is 10.7 Å². The number of hydrogen-bond acceptors (Lipinski definition) is 5. The first-order valence-corrected chi connectivity index (χ1v) is 12.2. The van der Waals surface area contributed by atoms with Gasteiger partial charge in [-0.05, 0) is 65.1 Å². The predicted octanol–water partition coefficient (Wildman–Crippen LogP) is 5.63. The van der Waals surface area contributed by atoms with Crippen LogP contribution in [0.5, 0.6) is 0 Å². The lowest BCUT2D eigenvalue weighted by atomic mass is 9.86. The van der Waals surface area contributed by atoms with Crippen LogP contribution < -0.4 is 5.73 Å². The number of rotatable bonds is 5. The van der Waals surface area contributed by atoms with Gasteiger partial charge in [-0.2, -0.15) is 0 Å². The molecule has 0 atom stereocenters. The number of fused-ring (bicyclic) bond motifs is 1. The molecule has 0 aliphatic rings. The SMILES string of the molecule is CN(Cc1ccc(-n2c(-c3cccnc3N)nc3cccnc32)cc1)C(=O)c1ccc(C(C)(C)C)cc1. The van der Waals surface area contributed by atoms with Crippen LogP contribution in [0.25, 0.3) is 28.2 Å². The molecule has 0 saturated carbocycles. The quantitative estimate of drug-likeness (QED) is 0.345. The van der Waals surface area contributed by atoms with Gasteiger partial charge in [-0.1, -0.05) is 45.0 Å². The van der Waals surface area contributed by atoms with Crippen LogP contribution in [0.4, 0.5) is 5.82 Å². The van der Waals surface area contributed by atoms with Gasteiger partial charge in [-0.3, -0.25) is 9.36 Å². The summed E-state index contributed by atoms with van der Waals surface area (Å²) in [6, 6.07) is 23.5. The van der Waals surface area contributed by atoms with Crippen molar-refractivity contribution in [3.63, 3.8) is 0 Å². The van der Waals surface area contributed by atoms with Gasteiger partial charge in [0.2, 0.25) is 0 Å². The zero-order valence-electron chi connectivity index (χ0n) is 21.5. The highest BCUT2D eigenvalue weighted by atomic mass is 16.2. The Morgan fingerprint density at radius 3 is 2.27 bits per heavy atom. The molecule has 0 aliphatic heterocycles. The third kappa shape index (κ3) is 4.80. The van der Waals surface area contributed by atoms with Gasteiger partial charge in [0.1, 0.15) is 11.3 Å². The number of nitrogens with zero attached hydrogens (tertiary/aromatic N) is 5. The lowest BCUT2D eigenvalue weighted by molar-refractivity contribution is 0.0785. The van der Waals surface area contributed by atoms with Gasteiger partial charge in [-0.15, -0.1) is 0 Å². The van der Waals surface area contributed by atoms with E-state index in [1.54, 1.807) is 17.3 Å². The number of carbonyl (C=O) groups excluding carboxylic acids is 1. The van der Waals surface area contributed by atoms with Crippen LogP contribution in [-0.2, 0) is 12.0 Å². The molecule has 1 amide bonds. The summed E-state index contributed by atoms with van der Waals surface area (Å²) < 4.78 is 1.98. The van der Waals surface area contributed by atoms with Crippen LogP contribution in [0.3, 0.4) is 0 Å². The van der Waals surface area contributed by atoms with E-state index in [-0.39, 0.29) is 11.3 Å². The Labute approximate surface area is 216 Å². The van der Waals surface area contributed by atoms with Crippen molar-refractivity contribution in [2.24, 2.45) is 0 Å². The fourth-order valence-electron chi connectivity index (χ4n) is 4.37. The molecule has 0 saturated heterocycles. The number of benzene rings is 2. The molecule has 0 fully saturated rings. The van der Waals surface area contributed by atoms with Crippen molar-refractivity contribution < 1.29 is 4.79 Å². The van der Waals surface area contributed by atoms with E-state index in [0.717, 1.165) is 28.0 Å². The molecule has 7 nitrogen and oxygen atoms in total. The fourth-order valence-corrected chi connectivity index (χ4v) is 4.37. The third-order valence-electron chi connectivity index (χ3n) is 6.45. The van der Waals surface area contributed by atoms with Crippen molar-refractivity contribution in [2.75, 3.05) is 12.8 Å². The monoisotopic (exact) mass is 490 g/mol. The molecule has 0 radical (unpaired) electrons. The van der Waals surface area contributed by atoms with Crippen molar-refractivity contribution in [1.82, 2.24) is 24.4 Å². The summed E-state index contributed by atoms with van der Waals surface area (Å²) in [5.74, 6) is 1.08. The second-order valence-electron chi connectivity index (χ2n) is 10.2. The molecule has 2 aromatic carbocycles. The molecule has 5 rings (SSSR count). The van der Waals surface area contributed by atoms with Gasteiger partial charge in [0.25, 0.3) is 5.91 Å². The van der Waals surface area contributed by atoms with E-state index in [1.807, 2.05) is 84.4 Å². The molecular weight excluding hydrogens is 460 g/mol. The number of pyridine rings is 2. The van der Waals surface area contributed by atoms with Gasteiger partial charge in [0.05, 0.1) is 5.56 Å². The summed E-state index contributed by atoms with van der Waals surface area (Å²) >= 11 is 0. The molecule has 37 heavy (non-hydrogen) atoms. The molecule has 7 heteroatoms. The minimum absolute atomic E-state index is 0.0105. The predicted molar refractivity (Wildman–Crippen MR) is 147 cm³/mol. The molecule has 0 aliphatic carbocycles. The maximum absolute atomic E-state index is 13.0. The minimum Gasteiger partial charge on any atom is -0.383 e. The van der Waals surface area contributed by atoms with Crippen molar-refractivity contribution in [1.29, 1.82) is 0 Å². The van der Waals surface area contributed by atoms with E-state index in [1.165, 1.54) is 5.56 Å². The van der Waals surface area contributed by atoms with Gasteiger partial charge in [0, 0.05) is 37.2 Å². The van der Waals surface area contributed by atoms with E-state index in [0.29, 0.717) is 23.8 Å². The van der Waals surface area contributed by atoms with Gasteiger partial charge >= 0.3 is 0 Å². The topological polar surface area (TPSA) is 89.9 Å². The normalized spacial score (nSPS) is 11.6. The summed E-state index contributed by atoms with van der Waals surface area (Å²) in [4.78, 5) is 28.4. The zero-order valence-corrected chi connectivity index (χ0v) is 21.5. The Morgan fingerprint density at radius 2 is 1.59 bits per heavy atom. The highest BCUT2D eigenvalue weighted by Crippen LogP contribution is 2.30. The van der Waals surface area contributed by atoms with E-state index >= 15 is 0 Å². The summed E-state index contributed by atoms with van der Waals surface area (Å²) in [6.45, 7) is 6.98. The third-order valence-corrected chi connectivity index (χ3v) is 6.45. The number of nitrogen functional groups attached to an aromatic ring is 1. The Kier molecular flexibility index (Phi) is 6.21. The van der Waals surface area contributed by atoms with Crippen molar-refractivity contribution in [2.45, 2.75) is 32.7 Å². The minimum atomic E-state index is -0.0105. The number of carbonyl (C=O) groups is 1. The average molecular weight is 491 g/mol. The van der Waals surface area contributed by atoms with Gasteiger partial charge in [0.15, 0.2) is 11.5 Å². The number of amides is 1. The molecule has 0 unspecified atom stereocenters. The summed E-state index contributed by atoms with van der Waals surface area (Å²) in [5, 5.41) is 0. The first-order valence-electron chi connectivity index (χ1n) is 12.2. The Morgan fingerprint density at radius 1 is 0.919 bits per heavy atom. The second kappa shape index (κ2) is 9.50. The maximum Gasteiger partial charge on any atom is 0.253 e.